The maximum absolute atomic E-state index is 12.6. The van der Waals surface area contributed by atoms with Gasteiger partial charge in [-0.15, -0.1) is 0 Å². The molecule has 0 aliphatic carbocycles. The van der Waals surface area contributed by atoms with E-state index in [2.05, 4.69) is 11.6 Å². The molecule has 0 saturated carbocycles. The molecule has 0 aromatic heterocycles. The van der Waals surface area contributed by atoms with Gasteiger partial charge in [0.15, 0.2) is 0 Å². The molecule has 0 spiro atoms. The third kappa shape index (κ3) is 3.44. The van der Waals surface area contributed by atoms with E-state index in [1.165, 1.54) is 12.1 Å². The highest BCUT2D eigenvalue weighted by molar-refractivity contribution is 7.99. The summed E-state index contributed by atoms with van der Waals surface area (Å²) >= 11 is 1.85. The molecule has 0 radical (unpaired) electrons. The van der Waals surface area contributed by atoms with Crippen LogP contribution in [0.15, 0.2) is 24.3 Å². The number of urea groups is 1. The average molecular weight is 344 g/mol. The van der Waals surface area contributed by atoms with Crippen molar-refractivity contribution in [2.24, 2.45) is 0 Å². The topological polar surface area (TPSA) is 32.3 Å². The highest BCUT2D eigenvalue weighted by Crippen LogP contribution is 2.40. The van der Waals surface area contributed by atoms with Crippen LogP contribution in [0.2, 0.25) is 0 Å². The van der Waals surface area contributed by atoms with Gasteiger partial charge in [-0.1, -0.05) is 0 Å². The van der Waals surface area contributed by atoms with Gasteiger partial charge in [0, 0.05) is 23.0 Å². The van der Waals surface area contributed by atoms with Crippen LogP contribution in [0.1, 0.15) is 31.2 Å². The van der Waals surface area contributed by atoms with Crippen LogP contribution in [0.25, 0.3) is 0 Å². The van der Waals surface area contributed by atoms with Crippen molar-refractivity contribution < 1.29 is 18.0 Å². The number of nitrogens with one attached hydrogen (secondary N) is 1. The Kier molecular flexibility index (Phi) is 4.49. The molecule has 2 saturated heterocycles. The summed E-state index contributed by atoms with van der Waals surface area (Å²) in [6.07, 6.45) is 1.77. The number of alkyl halides is 3. The highest BCUT2D eigenvalue weighted by Gasteiger charge is 2.43. The molecule has 2 bridgehead atoms. The zero-order chi connectivity index (χ0) is 16.6. The molecule has 2 heterocycles. The van der Waals surface area contributed by atoms with Crippen LogP contribution in [-0.2, 0) is 6.18 Å². The summed E-state index contributed by atoms with van der Waals surface area (Å²) in [4.78, 5) is 14.4. The predicted molar refractivity (Wildman–Crippen MR) is 85.6 cm³/mol. The average Bonchev–Trinajstić information content (AvgIpc) is 2.77. The molecule has 2 aliphatic heterocycles. The first-order chi connectivity index (χ1) is 10.9. The number of carbonyl (C=O) groups excluding carboxylic acids is 1. The Labute approximate surface area is 137 Å². The van der Waals surface area contributed by atoms with E-state index in [4.69, 9.17) is 0 Å². The molecule has 1 N–H and O–H groups in total. The Morgan fingerprint density at radius 2 is 1.74 bits per heavy atom. The lowest BCUT2D eigenvalue weighted by Crippen LogP contribution is -2.49. The van der Waals surface area contributed by atoms with E-state index in [0.717, 1.165) is 37.8 Å². The molecule has 3 rings (SSSR count). The summed E-state index contributed by atoms with van der Waals surface area (Å²) in [6, 6.07) is 4.89. The zero-order valence-corrected chi connectivity index (χ0v) is 13.6. The number of halogens is 3. The van der Waals surface area contributed by atoms with Gasteiger partial charge in [0.05, 0.1) is 5.56 Å². The number of rotatable bonds is 2. The van der Waals surface area contributed by atoms with Crippen LogP contribution in [0.3, 0.4) is 0 Å². The van der Waals surface area contributed by atoms with Crippen LogP contribution >= 0.6 is 11.8 Å². The molecule has 3 nitrogen and oxygen atoms in total. The van der Waals surface area contributed by atoms with Gasteiger partial charge >= 0.3 is 12.2 Å². The summed E-state index contributed by atoms with van der Waals surface area (Å²) < 4.78 is 37.7. The van der Waals surface area contributed by atoms with Gasteiger partial charge < -0.3 is 10.2 Å². The van der Waals surface area contributed by atoms with E-state index in [1.807, 2.05) is 16.7 Å². The van der Waals surface area contributed by atoms with Crippen molar-refractivity contribution in [3.63, 3.8) is 0 Å². The van der Waals surface area contributed by atoms with Crippen LogP contribution in [-0.4, -0.2) is 34.5 Å². The molecule has 2 unspecified atom stereocenters. The Hall–Kier alpha value is -1.37. The van der Waals surface area contributed by atoms with E-state index in [1.54, 1.807) is 0 Å². The number of anilines is 1. The number of carbonyl (C=O) groups is 1. The molecule has 2 atom stereocenters. The van der Waals surface area contributed by atoms with Crippen LogP contribution in [0.5, 0.6) is 0 Å². The van der Waals surface area contributed by atoms with Crippen molar-refractivity contribution in [3.8, 4) is 0 Å². The summed E-state index contributed by atoms with van der Waals surface area (Å²) in [5.74, 6) is 0. The minimum absolute atomic E-state index is 0.197. The second-order valence-electron chi connectivity index (χ2n) is 6.13. The fourth-order valence-electron chi connectivity index (χ4n) is 3.58. The number of amides is 2. The van der Waals surface area contributed by atoms with Crippen molar-refractivity contribution in [1.82, 2.24) is 4.90 Å². The summed E-state index contributed by atoms with van der Waals surface area (Å²) in [5.41, 5.74) is -0.314. The van der Waals surface area contributed by atoms with Crippen molar-refractivity contribution in [3.05, 3.63) is 29.8 Å². The van der Waals surface area contributed by atoms with E-state index >= 15 is 0 Å². The second kappa shape index (κ2) is 6.26. The molecular formula is C16H19F3N2OS. The molecule has 23 heavy (non-hydrogen) atoms. The number of thioether (sulfide) groups is 1. The second-order valence-corrected chi connectivity index (χ2v) is 7.26. The van der Waals surface area contributed by atoms with Gasteiger partial charge in [-0.2, -0.15) is 24.9 Å². The highest BCUT2D eigenvalue weighted by atomic mass is 32.2. The van der Waals surface area contributed by atoms with Crippen molar-refractivity contribution in [1.29, 1.82) is 0 Å². The van der Waals surface area contributed by atoms with E-state index in [-0.39, 0.29) is 18.1 Å². The molecule has 2 fully saturated rings. The predicted octanol–water partition coefficient (Wildman–Crippen LogP) is 4.60. The van der Waals surface area contributed by atoms with Crippen LogP contribution < -0.4 is 5.32 Å². The number of benzene rings is 1. The number of fused-ring (bicyclic) bond motifs is 2. The number of piperidine rings is 1. The molecule has 2 aliphatic rings. The van der Waals surface area contributed by atoms with E-state index in [9.17, 15) is 18.0 Å². The lowest BCUT2D eigenvalue weighted by atomic mass is 10.0. The largest absolute Gasteiger partial charge is 0.416 e. The minimum Gasteiger partial charge on any atom is -0.318 e. The smallest absolute Gasteiger partial charge is 0.318 e. The SMILES string of the molecule is CSC1CC2CCC(C1)N2C(=O)Nc1ccc(C(F)(F)F)cc1. The van der Waals surface area contributed by atoms with Gasteiger partial charge in [-0.3, -0.25) is 0 Å². The zero-order valence-electron chi connectivity index (χ0n) is 12.8. The first-order valence-corrected chi connectivity index (χ1v) is 8.96. The van der Waals surface area contributed by atoms with Crippen LogP contribution in [0.4, 0.5) is 23.7 Å². The summed E-state index contributed by atoms with van der Waals surface area (Å²) in [7, 11) is 0. The molecular weight excluding hydrogens is 325 g/mol. The molecule has 1 aromatic rings. The van der Waals surface area contributed by atoms with Crippen molar-refractivity contribution >= 4 is 23.5 Å². The number of hydrogen-bond donors (Lipinski definition) is 1. The quantitative estimate of drug-likeness (QED) is 0.851. The monoisotopic (exact) mass is 344 g/mol. The fourth-order valence-corrected chi connectivity index (χ4v) is 4.41. The summed E-state index contributed by atoms with van der Waals surface area (Å²) in [5, 5.41) is 3.34. The third-order valence-corrected chi connectivity index (χ3v) is 5.77. The molecule has 126 valence electrons. The lowest BCUT2D eigenvalue weighted by molar-refractivity contribution is -0.137. The Morgan fingerprint density at radius 1 is 1.17 bits per heavy atom. The maximum atomic E-state index is 12.6. The first-order valence-electron chi connectivity index (χ1n) is 7.68. The number of nitrogens with zero attached hydrogens (tertiary/aromatic N) is 1. The molecule has 7 heteroatoms. The van der Waals surface area contributed by atoms with Crippen molar-refractivity contribution in [2.75, 3.05) is 11.6 Å². The summed E-state index contributed by atoms with van der Waals surface area (Å²) in [6.45, 7) is 0. The van der Waals surface area contributed by atoms with Gasteiger partial charge in [-0.05, 0) is 56.2 Å². The lowest BCUT2D eigenvalue weighted by Gasteiger charge is -2.38. The number of hydrogen-bond acceptors (Lipinski definition) is 2. The standard InChI is InChI=1S/C16H19F3N2OS/c1-23-14-8-12-6-7-13(9-14)21(12)15(22)20-11-4-2-10(3-5-11)16(17,18)19/h2-5,12-14H,6-9H2,1H3,(H,20,22). The molecule has 1 aromatic carbocycles. The Bertz CT molecular complexity index is 562. The minimum atomic E-state index is -4.36. The molecule has 2 amide bonds. The normalized spacial score (nSPS) is 27.1. The first kappa shape index (κ1) is 16.5. The third-order valence-electron chi connectivity index (χ3n) is 4.72. The Morgan fingerprint density at radius 3 is 2.22 bits per heavy atom. The van der Waals surface area contributed by atoms with Gasteiger partial charge in [0.25, 0.3) is 0 Å². The van der Waals surface area contributed by atoms with E-state index < -0.39 is 11.7 Å². The van der Waals surface area contributed by atoms with Gasteiger partial charge in [0.1, 0.15) is 0 Å². The fraction of sp³-hybridized carbons (Fsp3) is 0.562. The van der Waals surface area contributed by atoms with Gasteiger partial charge in [-0.25, -0.2) is 4.79 Å². The van der Waals surface area contributed by atoms with E-state index in [0.29, 0.717) is 10.9 Å². The van der Waals surface area contributed by atoms with Gasteiger partial charge in [0.2, 0.25) is 0 Å². The van der Waals surface area contributed by atoms with Crippen molar-refractivity contribution in [2.45, 2.75) is 49.2 Å². The maximum Gasteiger partial charge on any atom is 0.416 e. The van der Waals surface area contributed by atoms with Crippen LogP contribution in [0, 0.1) is 0 Å². The Balaban J connectivity index is 1.66.